The summed E-state index contributed by atoms with van der Waals surface area (Å²) in [4.78, 5) is 42.0. The Balaban J connectivity index is 1.49. The Bertz CT molecular complexity index is 1140. The number of rotatable bonds is 11. The van der Waals surface area contributed by atoms with Crippen LogP contribution in [0.2, 0.25) is 0 Å². The van der Waals surface area contributed by atoms with Crippen molar-refractivity contribution < 1.29 is 24.2 Å². The highest BCUT2D eigenvalue weighted by molar-refractivity contribution is 7.13. The minimum atomic E-state index is -1.04. The van der Waals surface area contributed by atoms with E-state index in [-0.39, 0.29) is 47.8 Å². The summed E-state index contributed by atoms with van der Waals surface area (Å²) in [5.74, 6) is -1.43. The van der Waals surface area contributed by atoms with Crippen LogP contribution in [0.5, 0.6) is 0 Å². The van der Waals surface area contributed by atoms with Crippen molar-refractivity contribution in [2.24, 2.45) is 5.92 Å². The van der Waals surface area contributed by atoms with Gasteiger partial charge in [0.15, 0.2) is 11.6 Å². The van der Waals surface area contributed by atoms with Crippen LogP contribution in [0.3, 0.4) is 0 Å². The number of hydrogen-bond donors (Lipinski definition) is 1. The molecule has 0 aliphatic heterocycles. The lowest BCUT2D eigenvalue weighted by atomic mass is 9.96. The molecule has 1 N–H and O–H groups in total. The zero-order chi connectivity index (χ0) is 23.9. The predicted molar refractivity (Wildman–Crippen MR) is 130 cm³/mol. The van der Waals surface area contributed by atoms with Gasteiger partial charge in [-0.15, -0.1) is 11.3 Å². The summed E-state index contributed by atoms with van der Waals surface area (Å²) in [6, 6.07) is 17.2. The third-order valence-electron chi connectivity index (χ3n) is 6.11. The van der Waals surface area contributed by atoms with Gasteiger partial charge >= 0.3 is 5.97 Å². The van der Waals surface area contributed by atoms with E-state index in [9.17, 15) is 14.4 Å². The fourth-order valence-corrected chi connectivity index (χ4v) is 5.04. The Hall–Kier alpha value is -3.16. The highest BCUT2D eigenvalue weighted by atomic mass is 32.1. The first kappa shape index (κ1) is 24.0. The molecule has 34 heavy (non-hydrogen) atoms. The molecule has 0 saturated heterocycles. The molecule has 0 bridgehead atoms. The fraction of sp³-hybridized carbons (Fsp3) is 0.333. The van der Waals surface area contributed by atoms with Gasteiger partial charge in [0, 0.05) is 17.7 Å². The SMILES string of the molecule is O=C(O)CCC(=O)c1cc(-c2cccs2)cc(C(=O)C[C@H]2CCC[C@H]2OCc2ccccc2)n1. The number of Topliss-reactive ketones (excluding diaryl/α,β-unsaturated/α-hetero) is 2. The molecule has 6 nitrogen and oxygen atoms in total. The van der Waals surface area contributed by atoms with Crippen LogP contribution >= 0.6 is 11.3 Å². The molecule has 1 saturated carbocycles. The van der Waals surface area contributed by atoms with E-state index in [1.807, 2.05) is 47.8 Å². The number of ketones is 2. The topological polar surface area (TPSA) is 93.6 Å². The standard InChI is InChI=1S/C27H27NO5S/c29-23(11-12-27(31)32)21-14-20(26-10-5-13-34-26)15-22(28-21)24(30)16-19-8-4-9-25(19)33-17-18-6-2-1-3-7-18/h1-3,5-7,10,13-15,19,25H,4,8-9,11-12,16-17H2,(H,31,32)/t19-,25-/m1/s1. The average molecular weight is 478 g/mol. The molecule has 3 aromatic rings. The van der Waals surface area contributed by atoms with E-state index in [1.165, 1.54) is 11.3 Å². The van der Waals surface area contributed by atoms with Gasteiger partial charge in [0.05, 0.1) is 19.1 Å². The van der Waals surface area contributed by atoms with Crippen LogP contribution in [0.1, 0.15) is 65.1 Å². The van der Waals surface area contributed by atoms with Crippen molar-refractivity contribution in [3.8, 4) is 10.4 Å². The highest BCUT2D eigenvalue weighted by Gasteiger charge is 2.31. The molecule has 7 heteroatoms. The minimum absolute atomic E-state index is 0.0151. The second-order valence-corrected chi connectivity index (χ2v) is 9.52. The summed E-state index contributed by atoms with van der Waals surface area (Å²) in [6.07, 6.45) is 2.76. The van der Waals surface area contributed by atoms with E-state index in [0.717, 1.165) is 35.3 Å². The first-order valence-corrected chi connectivity index (χ1v) is 12.4. The van der Waals surface area contributed by atoms with Crippen molar-refractivity contribution >= 4 is 28.9 Å². The van der Waals surface area contributed by atoms with Crippen molar-refractivity contribution in [3.05, 3.63) is 76.9 Å². The summed E-state index contributed by atoms with van der Waals surface area (Å²) >= 11 is 1.51. The van der Waals surface area contributed by atoms with Gasteiger partial charge in [-0.2, -0.15) is 0 Å². The van der Waals surface area contributed by atoms with Crippen LogP contribution in [0.25, 0.3) is 10.4 Å². The number of pyridine rings is 1. The number of carboxylic acids is 1. The van der Waals surface area contributed by atoms with E-state index in [0.29, 0.717) is 13.0 Å². The molecule has 1 aliphatic rings. The van der Waals surface area contributed by atoms with E-state index >= 15 is 0 Å². The summed E-state index contributed by atoms with van der Waals surface area (Å²) in [5.41, 5.74) is 2.24. The maximum absolute atomic E-state index is 13.3. The van der Waals surface area contributed by atoms with Crippen LogP contribution in [0.15, 0.2) is 60.0 Å². The largest absolute Gasteiger partial charge is 0.481 e. The first-order valence-electron chi connectivity index (χ1n) is 11.5. The molecule has 1 aliphatic carbocycles. The number of hydrogen-bond acceptors (Lipinski definition) is 6. The molecular formula is C27H27NO5S. The lowest BCUT2D eigenvalue weighted by Gasteiger charge is -2.20. The van der Waals surface area contributed by atoms with Crippen molar-refractivity contribution in [3.63, 3.8) is 0 Å². The predicted octanol–water partition coefficient (Wildman–Crippen LogP) is 5.82. The number of carbonyl (C=O) groups is 3. The number of aliphatic carboxylic acids is 1. The lowest BCUT2D eigenvalue weighted by molar-refractivity contribution is -0.136. The third-order valence-corrected chi connectivity index (χ3v) is 7.03. The van der Waals surface area contributed by atoms with Gasteiger partial charge in [-0.3, -0.25) is 14.4 Å². The van der Waals surface area contributed by atoms with Crippen LogP contribution in [-0.4, -0.2) is 33.7 Å². The summed E-state index contributed by atoms with van der Waals surface area (Å²) in [6.45, 7) is 0.518. The van der Waals surface area contributed by atoms with Gasteiger partial charge in [0.1, 0.15) is 11.4 Å². The Morgan fingerprint density at radius 1 is 0.971 bits per heavy atom. The Morgan fingerprint density at radius 3 is 2.44 bits per heavy atom. The van der Waals surface area contributed by atoms with Gasteiger partial charge < -0.3 is 9.84 Å². The molecule has 1 fully saturated rings. The molecule has 0 radical (unpaired) electrons. The van der Waals surface area contributed by atoms with Crippen molar-refractivity contribution in [2.45, 2.75) is 51.2 Å². The number of carbonyl (C=O) groups excluding carboxylic acids is 2. The van der Waals surface area contributed by atoms with E-state index in [4.69, 9.17) is 9.84 Å². The minimum Gasteiger partial charge on any atom is -0.481 e. The lowest BCUT2D eigenvalue weighted by Crippen LogP contribution is -2.22. The van der Waals surface area contributed by atoms with Crippen molar-refractivity contribution in [2.75, 3.05) is 0 Å². The quantitative estimate of drug-likeness (QED) is 0.350. The molecule has 0 spiro atoms. The average Bonchev–Trinajstić information content (AvgIpc) is 3.54. The highest BCUT2D eigenvalue weighted by Crippen LogP contribution is 2.33. The van der Waals surface area contributed by atoms with Gasteiger partial charge in [0.2, 0.25) is 0 Å². The second kappa shape index (κ2) is 11.3. The zero-order valence-electron chi connectivity index (χ0n) is 18.8. The van der Waals surface area contributed by atoms with Gasteiger partial charge in [-0.05, 0) is 53.5 Å². The van der Waals surface area contributed by atoms with Crippen molar-refractivity contribution in [1.29, 1.82) is 0 Å². The number of nitrogens with zero attached hydrogens (tertiary/aromatic N) is 1. The van der Waals surface area contributed by atoms with E-state index in [1.54, 1.807) is 12.1 Å². The van der Waals surface area contributed by atoms with E-state index < -0.39 is 5.97 Å². The van der Waals surface area contributed by atoms with Crippen LogP contribution in [0, 0.1) is 5.92 Å². The van der Waals surface area contributed by atoms with E-state index in [2.05, 4.69) is 4.98 Å². The molecule has 0 unspecified atom stereocenters. The normalized spacial score (nSPS) is 17.5. The summed E-state index contributed by atoms with van der Waals surface area (Å²) in [7, 11) is 0. The fourth-order valence-electron chi connectivity index (χ4n) is 4.33. The molecule has 4 rings (SSSR count). The van der Waals surface area contributed by atoms with Gasteiger partial charge in [-0.1, -0.05) is 42.8 Å². The Kier molecular flexibility index (Phi) is 7.98. The number of carboxylic acid groups (broad SMARTS) is 1. The molecular weight excluding hydrogens is 450 g/mol. The maximum Gasteiger partial charge on any atom is 0.303 e. The number of ether oxygens (including phenoxy) is 1. The van der Waals surface area contributed by atoms with Crippen LogP contribution in [0.4, 0.5) is 0 Å². The molecule has 1 aromatic carbocycles. The van der Waals surface area contributed by atoms with Gasteiger partial charge in [-0.25, -0.2) is 4.98 Å². The molecule has 176 valence electrons. The number of thiophene rings is 1. The maximum atomic E-state index is 13.3. The Morgan fingerprint density at radius 2 is 1.74 bits per heavy atom. The molecule has 2 aromatic heterocycles. The second-order valence-electron chi connectivity index (χ2n) is 8.57. The zero-order valence-corrected chi connectivity index (χ0v) is 19.6. The van der Waals surface area contributed by atoms with Crippen LogP contribution < -0.4 is 0 Å². The number of benzene rings is 1. The Labute approximate surface area is 202 Å². The third kappa shape index (κ3) is 6.24. The summed E-state index contributed by atoms with van der Waals surface area (Å²) < 4.78 is 6.16. The molecule has 0 amide bonds. The molecule has 2 atom stereocenters. The van der Waals surface area contributed by atoms with Crippen LogP contribution in [-0.2, 0) is 16.1 Å². The molecule has 2 heterocycles. The van der Waals surface area contributed by atoms with Crippen molar-refractivity contribution in [1.82, 2.24) is 4.98 Å². The monoisotopic (exact) mass is 477 g/mol. The number of aromatic nitrogens is 1. The van der Waals surface area contributed by atoms with Gasteiger partial charge in [0.25, 0.3) is 0 Å². The smallest absolute Gasteiger partial charge is 0.303 e. The summed E-state index contributed by atoms with van der Waals surface area (Å²) in [5, 5.41) is 10.8. The first-order chi connectivity index (χ1) is 16.5.